The molecule has 21 heavy (non-hydrogen) atoms. The molecule has 1 aromatic carbocycles. The fourth-order valence-electron chi connectivity index (χ4n) is 2.54. The lowest BCUT2D eigenvalue weighted by Gasteiger charge is -2.22. The van der Waals surface area contributed by atoms with E-state index in [9.17, 15) is 9.59 Å². The maximum atomic E-state index is 12.1. The first-order valence-electron chi connectivity index (χ1n) is 6.72. The van der Waals surface area contributed by atoms with Crippen molar-refractivity contribution in [2.75, 3.05) is 0 Å². The van der Waals surface area contributed by atoms with Gasteiger partial charge in [-0.2, -0.15) is 0 Å². The number of aldehydes is 1. The van der Waals surface area contributed by atoms with E-state index in [1.54, 1.807) is 44.2 Å². The Labute approximate surface area is 121 Å². The van der Waals surface area contributed by atoms with Gasteiger partial charge < -0.3 is 23.7 Å². The van der Waals surface area contributed by atoms with Crippen molar-refractivity contribution in [1.29, 1.82) is 0 Å². The van der Waals surface area contributed by atoms with Gasteiger partial charge in [-0.05, 0) is 26.0 Å². The van der Waals surface area contributed by atoms with E-state index in [1.165, 1.54) is 0 Å². The highest BCUT2D eigenvalue weighted by atomic mass is 16.8. The highest BCUT2D eigenvalue weighted by Crippen LogP contribution is 2.38. The molecule has 4 atom stereocenters. The van der Waals surface area contributed by atoms with Crippen LogP contribution in [0.1, 0.15) is 24.2 Å². The first-order valence-corrected chi connectivity index (χ1v) is 6.72. The fourth-order valence-corrected chi connectivity index (χ4v) is 2.54. The smallest absolute Gasteiger partial charge is 0.340 e. The molecule has 2 saturated heterocycles. The SMILES string of the molecule is CC1(C)O[C@@H]2[C@@H](OC(=O)c3ccccc3)O[C@H](C=O)[C@@H]2O1. The van der Waals surface area contributed by atoms with Crippen LogP contribution >= 0.6 is 0 Å². The molecule has 0 unspecified atom stereocenters. The zero-order valence-corrected chi connectivity index (χ0v) is 11.7. The predicted molar refractivity (Wildman–Crippen MR) is 70.4 cm³/mol. The summed E-state index contributed by atoms with van der Waals surface area (Å²) in [5.41, 5.74) is 0.408. The van der Waals surface area contributed by atoms with E-state index in [0.29, 0.717) is 11.8 Å². The summed E-state index contributed by atoms with van der Waals surface area (Å²) in [4.78, 5) is 23.1. The molecule has 0 saturated carbocycles. The van der Waals surface area contributed by atoms with Crippen LogP contribution in [-0.4, -0.2) is 42.6 Å². The van der Waals surface area contributed by atoms with E-state index >= 15 is 0 Å². The van der Waals surface area contributed by atoms with Crippen LogP contribution in [0.5, 0.6) is 0 Å². The number of fused-ring (bicyclic) bond motifs is 1. The molecule has 2 heterocycles. The summed E-state index contributed by atoms with van der Waals surface area (Å²) < 4.78 is 22.0. The first kappa shape index (κ1) is 14.2. The maximum Gasteiger partial charge on any atom is 0.340 e. The van der Waals surface area contributed by atoms with Gasteiger partial charge in [0.05, 0.1) is 5.56 Å². The summed E-state index contributed by atoms with van der Waals surface area (Å²) in [6, 6.07) is 8.56. The lowest BCUT2D eigenvalue weighted by molar-refractivity contribution is -0.216. The number of hydrogen-bond acceptors (Lipinski definition) is 6. The third kappa shape index (κ3) is 2.70. The molecule has 3 rings (SSSR count). The Morgan fingerprint density at radius 1 is 1.19 bits per heavy atom. The van der Waals surface area contributed by atoms with E-state index in [2.05, 4.69) is 0 Å². The van der Waals surface area contributed by atoms with Crippen LogP contribution < -0.4 is 0 Å². The molecular weight excluding hydrogens is 276 g/mol. The third-order valence-corrected chi connectivity index (χ3v) is 3.41. The van der Waals surface area contributed by atoms with E-state index < -0.39 is 36.4 Å². The van der Waals surface area contributed by atoms with Crippen LogP contribution in [0.2, 0.25) is 0 Å². The molecule has 0 bridgehead atoms. The molecule has 6 nitrogen and oxygen atoms in total. The Balaban J connectivity index is 1.74. The molecule has 0 aromatic heterocycles. The molecule has 6 heteroatoms. The summed E-state index contributed by atoms with van der Waals surface area (Å²) in [7, 11) is 0. The van der Waals surface area contributed by atoms with E-state index in [0.717, 1.165) is 0 Å². The van der Waals surface area contributed by atoms with Crippen LogP contribution in [0.4, 0.5) is 0 Å². The zero-order valence-electron chi connectivity index (χ0n) is 11.7. The Kier molecular flexibility index (Phi) is 3.52. The molecular formula is C15H16O6. The number of hydrogen-bond donors (Lipinski definition) is 0. The Bertz CT molecular complexity index is 540. The Morgan fingerprint density at radius 2 is 1.86 bits per heavy atom. The normalized spacial score (nSPS) is 33.4. The van der Waals surface area contributed by atoms with Crippen LogP contribution in [0, 0.1) is 0 Å². The van der Waals surface area contributed by atoms with Crippen molar-refractivity contribution in [3.05, 3.63) is 35.9 Å². The van der Waals surface area contributed by atoms with Gasteiger partial charge in [-0.1, -0.05) is 18.2 Å². The average molecular weight is 292 g/mol. The van der Waals surface area contributed by atoms with Crippen molar-refractivity contribution in [3.8, 4) is 0 Å². The minimum absolute atomic E-state index is 0.408. The molecule has 2 aliphatic rings. The quantitative estimate of drug-likeness (QED) is 0.617. The van der Waals surface area contributed by atoms with Gasteiger partial charge in [0.15, 0.2) is 18.2 Å². The number of esters is 1. The number of ether oxygens (including phenoxy) is 4. The Morgan fingerprint density at radius 3 is 2.52 bits per heavy atom. The fraction of sp³-hybridized carbons (Fsp3) is 0.467. The molecule has 112 valence electrons. The summed E-state index contributed by atoms with van der Waals surface area (Å²) in [5.74, 6) is -1.36. The van der Waals surface area contributed by atoms with Gasteiger partial charge in [0.25, 0.3) is 0 Å². The van der Waals surface area contributed by atoms with E-state index in [1.807, 2.05) is 0 Å². The van der Waals surface area contributed by atoms with Crippen molar-refractivity contribution in [3.63, 3.8) is 0 Å². The lowest BCUT2D eigenvalue weighted by atomic mass is 10.1. The van der Waals surface area contributed by atoms with Crippen molar-refractivity contribution >= 4 is 12.3 Å². The van der Waals surface area contributed by atoms with Gasteiger partial charge in [0.2, 0.25) is 6.29 Å². The number of carbonyl (C=O) groups is 2. The number of rotatable bonds is 3. The maximum absolute atomic E-state index is 12.1. The second-order valence-electron chi connectivity index (χ2n) is 5.44. The number of benzene rings is 1. The average Bonchev–Trinajstić information content (AvgIpc) is 2.94. The lowest BCUT2D eigenvalue weighted by Crippen LogP contribution is -2.33. The van der Waals surface area contributed by atoms with Gasteiger partial charge >= 0.3 is 5.97 Å². The summed E-state index contributed by atoms with van der Waals surface area (Å²) in [6.45, 7) is 3.48. The van der Waals surface area contributed by atoms with Crippen LogP contribution in [-0.2, 0) is 23.7 Å². The van der Waals surface area contributed by atoms with Crippen molar-refractivity contribution in [2.45, 2.75) is 44.2 Å². The Hall–Kier alpha value is -1.76. The van der Waals surface area contributed by atoms with Crippen molar-refractivity contribution in [2.24, 2.45) is 0 Å². The molecule has 1 aromatic rings. The highest BCUT2D eigenvalue weighted by molar-refractivity contribution is 5.89. The minimum Gasteiger partial charge on any atom is -0.429 e. The van der Waals surface area contributed by atoms with Gasteiger partial charge in [-0.25, -0.2) is 4.79 Å². The first-order chi connectivity index (χ1) is 10.00. The third-order valence-electron chi connectivity index (χ3n) is 3.41. The molecule has 2 fully saturated rings. The number of carbonyl (C=O) groups excluding carboxylic acids is 2. The van der Waals surface area contributed by atoms with Gasteiger partial charge in [-0.15, -0.1) is 0 Å². The van der Waals surface area contributed by atoms with Gasteiger partial charge in [0, 0.05) is 0 Å². The van der Waals surface area contributed by atoms with Crippen LogP contribution in [0.3, 0.4) is 0 Å². The minimum atomic E-state index is -0.959. The molecule has 2 aliphatic heterocycles. The summed E-state index contributed by atoms with van der Waals surface area (Å²) >= 11 is 0. The monoisotopic (exact) mass is 292 g/mol. The predicted octanol–water partition coefficient (Wildman–Crippen LogP) is 1.29. The molecule has 0 spiro atoms. The summed E-state index contributed by atoms with van der Waals surface area (Å²) in [6.07, 6.45) is -2.29. The van der Waals surface area contributed by atoms with Crippen LogP contribution in [0.15, 0.2) is 30.3 Å². The second kappa shape index (κ2) is 5.22. The zero-order chi connectivity index (χ0) is 15.0. The van der Waals surface area contributed by atoms with Crippen LogP contribution in [0.25, 0.3) is 0 Å². The largest absolute Gasteiger partial charge is 0.429 e. The topological polar surface area (TPSA) is 71.1 Å². The molecule has 0 radical (unpaired) electrons. The second-order valence-corrected chi connectivity index (χ2v) is 5.44. The molecule has 0 N–H and O–H groups in total. The highest BCUT2D eigenvalue weighted by Gasteiger charge is 2.56. The van der Waals surface area contributed by atoms with E-state index in [-0.39, 0.29) is 0 Å². The van der Waals surface area contributed by atoms with E-state index in [4.69, 9.17) is 18.9 Å². The molecule has 0 aliphatic carbocycles. The van der Waals surface area contributed by atoms with Crippen molar-refractivity contribution in [1.82, 2.24) is 0 Å². The van der Waals surface area contributed by atoms with Gasteiger partial charge in [-0.3, -0.25) is 0 Å². The van der Waals surface area contributed by atoms with Gasteiger partial charge in [0.1, 0.15) is 12.2 Å². The van der Waals surface area contributed by atoms with Crippen molar-refractivity contribution < 1.29 is 28.5 Å². The summed E-state index contributed by atoms with van der Waals surface area (Å²) in [5, 5.41) is 0. The molecule has 0 amide bonds. The standard InChI is InChI=1S/C15H16O6/c1-15(2)20-11-10(8-16)18-14(12(11)21-15)19-13(17)9-6-4-3-5-7-9/h3-8,10-12,14H,1-2H3/t10-,11+,12+,14-/m1/s1.